The molecule has 0 spiro atoms. The van der Waals surface area contributed by atoms with Crippen LogP contribution in [0.5, 0.6) is 0 Å². The second-order valence-corrected chi connectivity index (χ2v) is 8.09. The summed E-state index contributed by atoms with van der Waals surface area (Å²) >= 11 is 1.43. The second kappa shape index (κ2) is 8.57. The van der Waals surface area contributed by atoms with Gasteiger partial charge in [-0.1, -0.05) is 29.8 Å². The van der Waals surface area contributed by atoms with Crippen LogP contribution >= 0.6 is 23.7 Å². The Morgan fingerprint density at radius 1 is 1.07 bits per heavy atom. The van der Waals surface area contributed by atoms with Gasteiger partial charge in [0.2, 0.25) is 0 Å². The van der Waals surface area contributed by atoms with Gasteiger partial charge in [-0.05, 0) is 54.0 Å². The molecular weight excluding hydrogens is 382 g/mol. The lowest BCUT2D eigenvalue weighted by molar-refractivity contribution is 0.0702. The van der Waals surface area contributed by atoms with Crippen LogP contribution < -0.4 is 0 Å². The third-order valence-corrected chi connectivity index (χ3v) is 6.61. The van der Waals surface area contributed by atoms with Crippen LogP contribution in [0.15, 0.2) is 35.9 Å². The zero-order chi connectivity index (χ0) is 18.1. The monoisotopic (exact) mass is 405 g/mol. The van der Waals surface area contributed by atoms with Gasteiger partial charge >= 0.3 is 5.97 Å². The van der Waals surface area contributed by atoms with Crippen molar-refractivity contribution in [1.82, 2.24) is 4.90 Å². The average molecular weight is 406 g/mol. The summed E-state index contributed by atoms with van der Waals surface area (Å²) in [5.74, 6) is -0.835. The van der Waals surface area contributed by atoms with E-state index in [0.29, 0.717) is 4.88 Å². The molecule has 4 rings (SSSR count). The maximum Gasteiger partial charge on any atom is 0.345 e. The molecule has 144 valence electrons. The first-order valence-corrected chi connectivity index (χ1v) is 9.99. The van der Waals surface area contributed by atoms with E-state index in [-0.39, 0.29) is 19.0 Å². The molecule has 1 fully saturated rings. The van der Waals surface area contributed by atoms with E-state index in [1.165, 1.54) is 38.5 Å². The van der Waals surface area contributed by atoms with Gasteiger partial charge in [0.1, 0.15) is 4.88 Å². The van der Waals surface area contributed by atoms with Crippen molar-refractivity contribution in [1.29, 1.82) is 0 Å². The van der Waals surface area contributed by atoms with Gasteiger partial charge in [-0.25, -0.2) is 4.79 Å². The smallest absolute Gasteiger partial charge is 0.345 e. The zero-order valence-electron chi connectivity index (χ0n) is 15.1. The lowest BCUT2D eigenvalue weighted by atomic mass is 9.87. The largest absolute Gasteiger partial charge is 0.477 e. The summed E-state index contributed by atoms with van der Waals surface area (Å²) in [4.78, 5) is 15.4. The van der Waals surface area contributed by atoms with Gasteiger partial charge in [0, 0.05) is 24.5 Å². The molecule has 0 unspecified atom stereocenters. The van der Waals surface area contributed by atoms with Crippen LogP contribution in [0.3, 0.4) is 0 Å². The highest BCUT2D eigenvalue weighted by Gasteiger charge is 2.26. The Balaban J connectivity index is 0.00000210. The number of carboxylic acids is 1. The molecule has 27 heavy (non-hydrogen) atoms. The first-order chi connectivity index (χ1) is 12.7. The Morgan fingerprint density at radius 3 is 2.52 bits per heavy atom. The lowest BCUT2D eigenvalue weighted by Crippen LogP contribution is -2.33. The Hall–Kier alpha value is -1.66. The van der Waals surface area contributed by atoms with Crippen molar-refractivity contribution in [3.8, 4) is 0 Å². The van der Waals surface area contributed by atoms with Crippen LogP contribution in [0, 0.1) is 0 Å². The van der Waals surface area contributed by atoms with E-state index in [1.807, 2.05) is 6.07 Å². The first kappa shape index (κ1) is 20.1. The number of aliphatic hydroxyl groups excluding tert-OH is 1. The molecule has 1 aliphatic carbocycles. The van der Waals surface area contributed by atoms with Crippen LogP contribution in [0.2, 0.25) is 0 Å². The van der Waals surface area contributed by atoms with Crippen LogP contribution in [0.4, 0.5) is 0 Å². The van der Waals surface area contributed by atoms with Gasteiger partial charge < -0.3 is 15.1 Å². The van der Waals surface area contributed by atoms with E-state index in [9.17, 15) is 15.0 Å². The molecule has 1 aliphatic heterocycles. The van der Waals surface area contributed by atoms with Crippen molar-refractivity contribution < 1.29 is 15.0 Å². The lowest BCUT2D eigenvalue weighted by Gasteiger charge is -2.29. The number of rotatable bonds is 3. The van der Waals surface area contributed by atoms with Crippen molar-refractivity contribution in [3.63, 3.8) is 0 Å². The molecule has 2 heterocycles. The van der Waals surface area contributed by atoms with Crippen molar-refractivity contribution in [2.24, 2.45) is 0 Å². The molecule has 2 N–H and O–H groups in total. The number of carboxylic acid groups (broad SMARTS) is 1. The second-order valence-electron chi connectivity index (χ2n) is 6.95. The highest BCUT2D eigenvalue weighted by molar-refractivity contribution is 7.14. The van der Waals surface area contributed by atoms with Crippen molar-refractivity contribution in [2.45, 2.75) is 25.7 Å². The number of piperidine rings is 1. The predicted molar refractivity (Wildman–Crippen MR) is 111 cm³/mol. The van der Waals surface area contributed by atoms with E-state index in [1.54, 1.807) is 0 Å². The van der Waals surface area contributed by atoms with Gasteiger partial charge in [-0.15, -0.1) is 23.7 Å². The fourth-order valence-electron chi connectivity index (χ4n) is 4.13. The van der Waals surface area contributed by atoms with Gasteiger partial charge in [-0.2, -0.15) is 0 Å². The number of carbonyl (C=O) groups is 1. The summed E-state index contributed by atoms with van der Waals surface area (Å²) in [6.45, 7) is 2.83. The molecule has 0 radical (unpaired) electrons. The number of halogens is 1. The van der Waals surface area contributed by atoms with Gasteiger partial charge in [-0.3, -0.25) is 0 Å². The molecule has 2 aliphatic rings. The number of thiophene rings is 1. The van der Waals surface area contributed by atoms with Crippen molar-refractivity contribution >= 4 is 35.3 Å². The SMILES string of the molecule is Cl.O=C(O)c1cc2c(s1)CCc1ccccc1C2=C1CCN(CCO)CC1. The van der Waals surface area contributed by atoms with Gasteiger partial charge in [0.25, 0.3) is 0 Å². The van der Waals surface area contributed by atoms with E-state index < -0.39 is 5.97 Å². The number of aryl methyl sites for hydroxylation is 2. The maximum absolute atomic E-state index is 11.5. The summed E-state index contributed by atoms with van der Waals surface area (Å²) in [5, 5.41) is 18.6. The van der Waals surface area contributed by atoms with Crippen LogP contribution in [-0.4, -0.2) is 47.3 Å². The average Bonchev–Trinajstić information content (AvgIpc) is 3.01. The quantitative estimate of drug-likeness (QED) is 0.814. The number of aromatic carboxylic acids is 1. The van der Waals surface area contributed by atoms with Gasteiger partial charge in [0.05, 0.1) is 6.61 Å². The minimum atomic E-state index is -0.835. The highest BCUT2D eigenvalue weighted by atomic mass is 35.5. The Morgan fingerprint density at radius 2 is 1.81 bits per heavy atom. The Labute approximate surface area is 169 Å². The minimum Gasteiger partial charge on any atom is -0.477 e. The summed E-state index contributed by atoms with van der Waals surface area (Å²) in [7, 11) is 0. The van der Waals surface area contributed by atoms with Crippen LogP contribution in [-0.2, 0) is 12.8 Å². The molecule has 1 saturated heterocycles. The zero-order valence-corrected chi connectivity index (χ0v) is 16.7. The fourth-order valence-corrected chi connectivity index (χ4v) is 5.13. The summed E-state index contributed by atoms with van der Waals surface area (Å²) in [5.41, 5.74) is 6.44. The highest BCUT2D eigenvalue weighted by Crippen LogP contribution is 2.41. The number of hydrogen-bond acceptors (Lipinski definition) is 4. The molecule has 0 amide bonds. The number of nitrogens with zero attached hydrogens (tertiary/aromatic N) is 1. The number of hydrogen-bond donors (Lipinski definition) is 2. The van der Waals surface area contributed by atoms with E-state index >= 15 is 0 Å². The minimum absolute atomic E-state index is 0. The Kier molecular flexibility index (Phi) is 6.37. The van der Waals surface area contributed by atoms with E-state index in [2.05, 4.69) is 29.2 Å². The van der Waals surface area contributed by atoms with Crippen molar-refractivity contribution in [2.75, 3.05) is 26.2 Å². The van der Waals surface area contributed by atoms with Crippen LogP contribution in [0.1, 0.15) is 44.1 Å². The molecule has 1 aromatic heterocycles. The molecule has 1 aromatic carbocycles. The number of likely N-dealkylation sites (tertiary alicyclic amines) is 1. The topological polar surface area (TPSA) is 60.8 Å². The predicted octanol–water partition coefficient (Wildman–Crippen LogP) is 3.86. The standard InChI is InChI=1S/C21H23NO3S.ClH/c23-12-11-22-9-7-15(8-10-22)20-16-4-2-1-3-14(16)5-6-18-17(20)13-19(26-18)21(24)25;/h1-4,13,23H,5-12H2,(H,24,25);1H. The molecule has 0 bridgehead atoms. The third kappa shape index (κ3) is 3.97. The third-order valence-electron chi connectivity index (χ3n) is 5.43. The van der Waals surface area contributed by atoms with E-state index in [4.69, 9.17) is 0 Å². The molecule has 4 nitrogen and oxygen atoms in total. The van der Waals surface area contributed by atoms with E-state index in [0.717, 1.165) is 50.9 Å². The normalized spacial score (nSPS) is 16.9. The Bertz CT molecular complexity index is 864. The van der Waals surface area contributed by atoms with Crippen LogP contribution in [0.25, 0.3) is 5.57 Å². The number of benzene rings is 1. The molecular formula is C21H24ClNO3S. The number of β-amino-alcohol motifs (C(OH)–C–C–N with tert-alkyl or cyclic N) is 1. The molecule has 0 saturated carbocycles. The maximum atomic E-state index is 11.5. The summed E-state index contributed by atoms with van der Waals surface area (Å²) in [6.07, 6.45) is 3.80. The van der Waals surface area contributed by atoms with Gasteiger partial charge in [0.15, 0.2) is 0 Å². The molecule has 6 heteroatoms. The summed E-state index contributed by atoms with van der Waals surface area (Å²) < 4.78 is 0. The summed E-state index contributed by atoms with van der Waals surface area (Å²) in [6, 6.07) is 10.4. The molecule has 0 atom stereocenters. The molecule has 2 aromatic rings. The number of aliphatic hydroxyl groups is 1. The fraction of sp³-hybridized carbons (Fsp3) is 0.381. The van der Waals surface area contributed by atoms with Crippen molar-refractivity contribution in [3.05, 3.63) is 62.3 Å². The first-order valence-electron chi connectivity index (χ1n) is 9.17. The number of fused-ring (bicyclic) bond motifs is 2.